The summed E-state index contributed by atoms with van der Waals surface area (Å²) in [4.78, 5) is 64.9. The molecule has 0 aliphatic carbocycles. The third-order valence-corrected chi connectivity index (χ3v) is 7.13. The Labute approximate surface area is 416 Å². The molecule has 25 nitrogen and oxygen atoms in total. The van der Waals surface area contributed by atoms with Crippen LogP contribution in [0.25, 0.3) is 0 Å². The Bertz CT molecular complexity index is 1240. The molecule has 0 aliphatic rings. The predicted molar refractivity (Wildman–Crippen MR) is 200 cm³/mol. The molecule has 0 aliphatic heterocycles. The molecular formula is C24H47Br3Co4N6O19P4-6. The largest absolute Gasteiger partial charge is 0.790 e. The standard InChI is InChI=1S/2C4H3N3.C4H11O4P.C3H8BrO4P.C3H8O.2C2H5BrO.2CH5O4P.4Co/c2*5-3-7-2-1-6-4-7;1-3-4-8-9(5,6)7-2;1-7-9(5,6)8-3-2-4;1-2-3-4;2*3-1-2-4;2*1-5-6(2,3)4;;;;/h2*1-2,4H;3-4H2,1-2H3,(H,5,6);2-3H2,1H3,(H,5,6);4H,2-3H2,1H3;2*4H,1-2H2;2*1H3,(H2,2,3,4);;;;/p-6. The second-order valence-electron chi connectivity index (χ2n) is 7.56. The number of aromatic nitrogens is 4. The van der Waals surface area contributed by atoms with Crippen molar-refractivity contribution in [1.29, 1.82) is 10.5 Å². The van der Waals surface area contributed by atoms with Crippen LogP contribution in [0.3, 0.4) is 0 Å². The van der Waals surface area contributed by atoms with E-state index in [0.29, 0.717) is 29.0 Å². The van der Waals surface area contributed by atoms with Crippen molar-refractivity contribution in [3.05, 3.63) is 37.4 Å². The molecule has 2 atom stereocenters. The van der Waals surface area contributed by atoms with Crippen molar-refractivity contribution in [3.63, 3.8) is 0 Å². The number of imidazole rings is 2. The normalized spacial score (nSPS) is 10.9. The fourth-order valence-electron chi connectivity index (χ4n) is 1.09. The van der Waals surface area contributed by atoms with Crippen LogP contribution < -0.4 is 29.4 Å². The van der Waals surface area contributed by atoms with Gasteiger partial charge < -0.3 is 81.0 Å². The summed E-state index contributed by atoms with van der Waals surface area (Å²) in [7, 11) is -13.4. The Balaban J connectivity index is -0.0000000503. The maximum Gasteiger partial charge on any atom is 0.267 e. The number of phosphoric ester groups is 4. The van der Waals surface area contributed by atoms with Gasteiger partial charge in [0.05, 0.1) is 42.1 Å². The van der Waals surface area contributed by atoms with Crippen molar-refractivity contribution in [2.45, 2.75) is 26.7 Å². The molecule has 0 aromatic carbocycles. The van der Waals surface area contributed by atoms with E-state index in [1.54, 1.807) is 24.8 Å². The Morgan fingerprint density at radius 3 is 0.967 bits per heavy atom. The van der Waals surface area contributed by atoms with Crippen molar-refractivity contribution in [2.75, 3.05) is 77.5 Å². The van der Waals surface area contributed by atoms with Crippen molar-refractivity contribution < 1.29 is 157 Å². The van der Waals surface area contributed by atoms with Crippen LogP contribution in [-0.2, 0) is 113 Å². The van der Waals surface area contributed by atoms with Crippen LogP contribution >= 0.6 is 79.1 Å². The molecule has 2 unspecified atom stereocenters. The Morgan fingerprint density at radius 1 is 0.583 bits per heavy atom. The van der Waals surface area contributed by atoms with Crippen molar-refractivity contribution in [1.82, 2.24) is 19.1 Å². The zero-order valence-electron chi connectivity index (χ0n) is 32.3. The van der Waals surface area contributed by atoms with Crippen molar-refractivity contribution in [2.24, 2.45) is 0 Å². The number of rotatable bonds is 13. The number of nitriles is 2. The molecule has 0 saturated carbocycles. The van der Waals surface area contributed by atoms with Gasteiger partial charge in [0, 0.05) is 143 Å². The van der Waals surface area contributed by atoms with Crippen LogP contribution in [-0.4, -0.2) is 112 Å². The van der Waals surface area contributed by atoms with E-state index in [-0.39, 0.29) is 93.5 Å². The van der Waals surface area contributed by atoms with Crippen molar-refractivity contribution in [3.8, 4) is 12.4 Å². The maximum absolute atomic E-state index is 10.3. The van der Waals surface area contributed by atoms with Crippen LogP contribution in [0.15, 0.2) is 37.4 Å². The SMILES string of the molecule is CCCO.CCCOP(=O)([O-])OC.COP(=O)([O-])OCCBr.COP(=O)([O-])[O-].COP(=O)([O-])[O-].N#Cn1ccnc1.N#Cn1ccnc1.OCCBr.OCCBr.[Co].[Co].[Co].[Co]. The van der Waals surface area contributed by atoms with Crippen LogP contribution in [0.1, 0.15) is 26.7 Å². The molecule has 2 heterocycles. The number of nitrogens with zero attached hydrogens (tertiary/aromatic N) is 6. The van der Waals surface area contributed by atoms with Crippen molar-refractivity contribution >= 4 is 79.1 Å². The molecule has 0 bridgehead atoms. The minimum absolute atomic E-state index is 0. The van der Waals surface area contributed by atoms with Gasteiger partial charge in [-0.3, -0.25) is 9.13 Å². The quantitative estimate of drug-likeness (QED) is 0.168. The first kappa shape index (κ1) is 88.0. The number of hydrogen-bond acceptors (Lipinski definition) is 23. The van der Waals surface area contributed by atoms with E-state index >= 15 is 0 Å². The summed E-state index contributed by atoms with van der Waals surface area (Å²) in [5.41, 5.74) is 0. The van der Waals surface area contributed by atoms with E-state index < -0.39 is 31.3 Å². The monoisotopic (exact) mass is 1320 g/mol. The molecule has 0 saturated heterocycles. The number of aliphatic hydroxyl groups excluding tert-OH is 3. The van der Waals surface area contributed by atoms with Crippen LogP contribution in [0.4, 0.5) is 0 Å². The summed E-state index contributed by atoms with van der Waals surface area (Å²) >= 11 is 8.99. The molecule has 0 fully saturated rings. The van der Waals surface area contributed by atoms with Gasteiger partial charge in [-0.15, -0.1) is 0 Å². The van der Waals surface area contributed by atoms with E-state index in [0.717, 1.165) is 34.9 Å². The molecule has 0 spiro atoms. The number of alkyl halides is 3. The smallest absolute Gasteiger partial charge is 0.267 e. The zero-order valence-corrected chi connectivity index (χ0v) is 44.8. The molecule has 4 radical (unpaired) electrons. The topological polar surface area (TPSA) is 406 Å². The third-order valence-electron chi connectivity index (χ3n) is 3.31. The fourth-order valence-corrected chi connectivity index (χ4v) is 2.44. The van der Waals surface area contributed by atoms with Crippen LogP contribution in [0.2, 0.25) is 0 Å². The summed E-state index contributed by atoms with van der Waals surface area (Å²) in [6.07, 6.45) is 14.4. The van der Waals surface area contributed by atoms with E-state index in [2.05, 4.69) is 84.9 Å². The van der Waals surface area contributed by atoms with E-state index in [1.165, 1.54) is 21.8 Å². The minimum Gasteiger partial charge on any atom is -0.790 e. The molecule has 60 heavy (non-hydrogen) atoms. The van der Waals surface area contributed by atoms with E-state index in [4.69, 9.17) is 25.8 Å². The van der Waals surface area contributed by atoms with Crippen LogP contribution in [0.5, 0.6) is 0 Å². The van der Waals surface area contributed by atoms with Gasteiger partial charge in [0.1, 0.15) is 12.7 Å². The molecule has 2 aromatic heterocycles. The van der Waals surface area contributed by atoms with Gasteiger partial charge in [-0.1, -0.05) is 61.6 Å². The van der Waals surface area contributed by atoms with Gasteiger partial charge in [-0.2, -0.15) is 10.5 Å². The summed E-state index contributed by atoms with van der Waals surface area (Å²) in [5, 5.41) is 41.6. The Kier molecular flexibility index (Phi) is 94.6. The molecule has 2 aromatic rings. The first-order valence-electron chi connectivity index (χ1n) is 14.4. The molecular weight excluding hydrogens is 1280 g/mol. The fraction of sp³-hybridized carbons (Fsp3) is 0.667. The van der Waals surface area contributed by atoms with Gasteiger partial charge in [0.25, 0.3) is 15.6 Å². The average Bonchev–Trinajstić information content (AvgIpc) is 3.93. The second-order valence-corrected chi connectivity index (χ2v) is 15.5. The molecule has 2 rings (SSSR count). The van der Waals surface area contributed by atoms with Gasteiger partial charge in [0.15, 0.2) is 12.4 Å². The third kappa shape index (κ3) is 103. The van der Waals surface area contributed by atoms with Crippen LogP contribution in [0, 0.1) is 22.9 Å². The first-order valence-corrected chi connectivity index (χ1v) is 23.6. The summed E-state index contributed by atoms with van der Waals surface area (Å²) in [6, 6.07) is 0. The van der Waals surface area contributed by atoms with Gasteiger partial charge in [-0.25, -0.2) is 19.1 Å². The molecule has 370 valence electrons. The number of hydrogen-bond donors (Lipinski definition) is 3. The molecule has 3 N–H and O–H groups in total. The first-order chi connectivity index (χ1) is 26.0. The molecule has 0 amide bonds. The van der Waals surface area contributed by atoms with E-state index in [9.17, 15) is 47.6 Å². The summed E-state index contributed by atoms with van der Waals surface area (Å²) < 4.78 is 65.1. The average molecular weight is 1320 g/mol. The van der Waals surface area contributed by atoms with Gasteiger partial charge in [0.2, 0.25) is 0 Å². The summed E-state index contributed by atoms with van der Waals surface area (Å²) in [6.45, 7) is 4.83. The number of aliphatic hydroxyl groups is 3. The summed E-state index contributed by atoms with van der Waals surface area (Å²) in [5.74, 6) is 0. The predicted octanol–water partition coefficient (Wildman–Crippen LogP) is -0.486. The Morgan fingerprint density at radius 2 is 0.850 bits per heavy atom. The van der Waals surface area contributed by atoms with Gasteiger partial charge in [-0.05, 0) is 12.8 Å². The number of phosphoric acid groups is 4. The number of halogens is 3. The van der Waals surface area contributed by atoms with E-state index in [1.807, 2.05) is 26.2 Å². The Hall–Kier alpha value is 1.19. The zero-order chi connectivity index (χ0) is 45.5. The minimum atomic E-state index is -4.65. The molecule has 36 heteroatoms. The maximum atomic E-state index is 10.3. The van der Waals surface area contributed by atoms with Gasteiger partial charge >= 0.3 is 0 Å². The second kappa shape index (κ2) is 64.5.